The first-order chi connectivity index (χ1) is 23.7. The van der Waals surface area contributed by atoms with E-state index in [-0.39, 0.29) is 0 Å². The van der Waals surface area contributed by atoms with Crippen LogP contribution in [0.2, 0.25) is 0 Å². The molecule has 0 amide bonds. The Labute approximate surface area is 279 Å². The normalized spacial score (nSPS) is 11.3. The van der Waals surface area contributed by atoms with Crippen LogP contribution in [-0.2, 0) is 0 Å². The maximum absolute atomic E-state index is 9.44. The third-order valence-electron chi connectivity index (χ3n) is 9.31. The first-order valence-corrected chi connectivity index (χ1v) is 16.1. The third kappa shape index (κ3) is 4.59. The fourth-order valence-corrected chi connectivity index (χ4v) is 6.99. The summed E-state index contributed by atoms with van der Waals surface area (Å²) in [6.07, 6.45) is 0. The van der Waals surface area contributed by atoms with Crippen LogP contribution in [0.25, 0.3) is 89.2 Å². The molecule has 0 N–H and O–H groups in total. The third-order valence-corrected chi connectivity index (χ3v) is 9.31. The average Bonchev–Trinajstić information content (AvgIpc) is 3.50. The Bertz CT molecular complexity index is 2440. The van der Waals surface area contributed by atoms with E-state index in [0.717, 1.165) is 44.8 Å². The van der Waals surface area contributed by atoms with Crippen molar-refractivity contribution < 1.29 is 0 Å². The van der Waals surface area contributed by atoms with Crippen molar-refractivity contribution in [1.29, 1.82) is 5.26 Å². The van der Waals surface area contributed by atoms with Crippen molar-refractivity contribution in [3.05, 3.63) is 169 Å². The molecule has 7 aromatic carbocycles. The first kappa shape index (κ1) is 27.7. The van der Waals surface area contributed by atoms with Crippen LogP contribution in [0.1, 0.15) is 5.56 Å². The second-order valence-electron chi connectivity index (χ2n) is 12.1. The van der Waals surface area contributed by atoms with Gasteiger partial charge in [0.25, 0.3) is 0 Å². The molecule has 8 aromatic rings. The number of hydrogen-bond acceptors (Lipinski definition) is 3. The Morgan fingerprint density at radius 2 is 0.771 bits per heavy atom. The molecule has 1 aliphatic carbocycles. The first-order valence-electron chi connectivity index (χ1n) is 16.1. The lowest BCUT2D eigenvalue weighted by Gasteiger charge is -2.15. The van der Waals surface area contributed by atoms with Gasteiger partial charge in [0.2, 0.25) is 0 Å². The number of fused-ring (bicyclic) bond motifs is 3. The molecule has 0 aliphatic heterocycles. The van der Waals surface area contributed by atoms with Crippen molar-refractivity contribution in [1.82, 2.24) is 9.97 Å². The standard InChI is InChI=1S/C45H27N3/c46-28-29-15-17-30(18-16-29)35-23-25-39-37-13-7-8-14-38(37)40-26-24-36(43(35)44(39)40)31-19-21-33(22-20-31)42-27-41(32-9-3-1-4-10-32)47-45(48-42)34-11-5-2-6-12-34/h1-27H. The van der Waals surface area contributed by atoms with E-state index in [1.165, 1.54) is 38.6 Å². The molecule has 3 nitrogen and oxygen atoms in total. The summed E-state index contributed by atoms with van der Waals surface area (Å²) in [6.45, 7) is 0. The van der Waals surface area contributed by atoms with Crippen LogP contribution < -0.4 is 0 Å². The Kier molecular flexibility index (Phi) is 6.52. The van der Waals surface area contributed by atoms with E-state index in [1.807, 2.05) is 48.5 Å². The van der Waals surface area contributed by atoms with Gasteiger partial charge in [-0.1, -0.05) is 146 Å². The van der Waals surface area contributed by atoms with Crippen LogP contribution in [0.3, 0.4) is 0 Å². The van der Waals surface area contributed by atoms with Crippen LogP contribution in [0, 0.1) is 11.3 Å². The molecular formula is C45H27N3. The van der Waals surface area contributed by atoms with Gasteiger partial charge in [-0.05, 0) is 73.5 Å². The highest BCUT2D eigenvalue weighted by atomic mass is 14.9. The summed E-state index contributed by atoms with van der Waals surface area (Å²) in [7, 11) is 0. The van der Waals surface area contributed by atoms with Crippen LogP contribution in [-0.4, -0.2) is 9.97 Å². The van der Waals surface area contributed by atoms with Crippen LogP contribution in [0.5, 0.6) is 0 Å². The molecule has 0 fully saturated rings. The van der Waals surface area contributed by atoms with Gasteiger partial charge in [0, 0.05) is 16.7 Å². The van der Waals surface area contributed by atoms with Crippen molar-refractivity contribution in [2.45, 2.75) is 0 Å². The lowest BCUT2D eigenvalue weighted by molar-refractivity contribution is 1.18. The molecule has 0 radical (unpaired) electrons. The van der Waals surface area contributed by atoms with Gasteiger partial charge in [-0.15, -0.1) is 0 Å². The molecule has 0 unspecified atom stereocenters. The molecule has 1 aliphatic rings. The highest BCUT2D eigenvalue weighted by molar-refractivity contribution is 6.22. The highest BCUT2D eigenvalue weighted by Gasteiger charge is 2.24. The zero-order chi connectivity index (χ0) is 32.0. The Morgan fingerprint density at radius 1 is 0.354 bits per heavy atom. The van der Waals surface area contributed by atoms with Crippen molar-refractivity contribution in [3.8, 4) is 84.5 Å². The molecule has 1 aromatic heterocycles. The smallest absolute Gasteiger partial charge is 0.160 e. The zero-order valence-electron chi connectivity index (χ0n) is 25.9. The number of aromatic nitrogens is 2. The largest absolute Gasteiger partial charge is 0.228 e. The molecule has 0 spiro atoms. The summed E-state index contributed by atoms with van der Waals surface area (Å²) in [5.74, 6) is 0.704. The molecule has 0 atom stereocenters. The Hall–Kier alpha value is -6.63. The number of nitrogens with zero attached hydrogens (tertiary/aromatic N) is 3. The molecule has 3 heteroatoms. The molecule has 222 valence electrons. The molecule has 0 saturated heterocycles. The van der Waals surface area contributed by atoms with Crippen LogP contribution in [0.4, 0.5) is 0 Å². The van der Waals surface area contributed by atoms with Gasteiger partial charge in [-0.25, -0.2) is 9.97 Å². The summed E-state index contributed by atoms with van der Waals surface area (Å²) in [5, 5.41) is 11.9. The van der Waals surface area contributed by atoms with Gasteiger partial charge in [0.05, 0.1) is 23.0 Å². The molecule has 48 heavy (non-hydrogen) atoms. The number of benzene rings is 7. The summed E-state index contributed by atoms with van der Waals surface area (Å²) < 4.78 is 0. The minimum absolute atomic E-state index is 0.656. The lowest BCUT2D eigenvalue weighted by Crippen LogP contribution is -1.96. The molecule has 0 saturated carbocycles. The Morgan fingerprint density at radius 3 is 1.31 bits per heavy atom. The van der Waals surface area contributed by atoms with Crippen LogP contribution >= 0.6 is 0 Å². The SMILES string of the molecule is N#Cc1ccc(-c2ccc3c4c(ccc(-c5ccc(-c6cc(-c7ccccc7)nc(-c7ccccc7)n6)cc5)c24)-c2ccccc2-3)cc1. The van der Waals surface area contributed by atoms with Gasteiger partial charge in [-0.3, -0.25) is 0 Å². The summed E-state index contributed by atoms with van der Waals surface area (Å²) >= 11 is 0. The maximum atomic E-state index is 9.44. The predicted octanol–water partition coefficient (Wildman–Crippen LogP) is 11.5. The van der Waals surface area contributed by atoms with Gasteiger partial charge in [0.1, 0.15) is 0 Å². The van der Waals surface area contributed by atoms with E-state index in [2.05, 4.69) is 121 Å². The summed E-state index contributed by atoms with van der Waals surface area (Å²) in [5.41, 5.74) is 15.1. The van der Waals surface area contributed by atoms with E-state index in [0.29, 0.717) is 11.4 Å². The second-order valence-corrected chi connectivity index (χ2v) is 12.1. The summed E-state index contributed by atoms with van der Waals surface area (Å²) in [4.78, 5) is 10.00. The van der Waals surface area contributed by atoms with E-state index >= 15 is 0 Å². The van der Waals surface area contributed by atoms with Crippen LogP contribution in [0.15, 0.2) is 164 Å². The van der Waals surface area contributed by atoms with Crippen molar-refractivity contribution in [2.24, 2.45) is 0 Å². The molecule has 1 heterocycles. The quantitative estimate of drug-likeness (QED) is 0.195. The minimum Gasteiger partial charge on any atom is -0.228 e. The predicted molar refractivity (Wildman–Crippen MR) is 196 cm³/mol. The summed E-state index contributed by atoms with van der Waals surface area (Å²) in [6, 6.07) is 59.1. The van der Waals surface area contributed by atoms with Gasteiger partial charge in [0.15, 0.2) is 5.82 Å². The minimum atomic E-state index is 0.656. The van der Waals surface area contributed by atoms with Gasteiger partial charge in [-0.2, -0.15) is 5.26 Å². The fraction of sp³-hybridized carbons (Fsp3) is 0. The number of hydrogen-bond donors (Lipinski definition) is 0. The van der Waals surface area contributed by atoms with Crippen molar-refractivity contribution in [3.63, 3.8) is 0 Å². The van der Waals surface area contributed by atoms with Gasteiger partial charge >= 0.3 is 0 Å². The Balaban J connectivity index is 1.20. The molecule has 0 bridgehead atoms. The topological polar surface area (TPSA) is 49.6 Å². The maximum Gasteiger partial charge on any atom is 0.160 e. The van der Waals surface area contributed by atoms with E-state index in [4.69, 9.17) is 9.97 Å². The highest BCUT2D eigenvalue weighted by Crippen LogP contribution is 2.51. The van der Waals surface area contributed by atoms with Crippen molar-refractivity contribution >= 4 is 10.8 Å². The molecule has 9 rings (SSSR count). The fourth-order valence-electron chi connectivity index (χ4n) is 6.99. The van der Waals surface area contributed by atoms with E-state index in [9.17, 15) is 5.26 Å². The zero-order valence-corrected chi connectivity index (χ0v) is 25.9. The lowest BCUT2D eigenvalue weighted by atomic mass is 9.88. The number of rotatable bonds is 5. The molecular weight excluding hydrogens is 583 g/mol. The second kappa shape index (κ2) is 11.3. The van der Waals surface area contributed by atoms with Crippen molar-refractivity contribution in [2.75, 3.05) is 0 Å². The van der Waals surface area contributed by atoms with Gasteiger partial charge < -0.3 is 0 Å². The average molecular weight is 610 g/mol. The monoisotopic (exact) mass is 609 g/mol. The van der Waals surface area contributed by atoms with E-state index in [1.54, 1.807) is 0 Å². The van der Waals surface area contributed by atoms with E-state index < -0.39 is 0 Å². The number of nitriles is 1.